The summed E-state index contributed by atoms with van der Waals surface area (Å²) in [6.45, 7) is 2.38. The van der Waals surface area contributed by atoms with Crippen molar-refractivity contribution in [1.82, 2.24) is 9.47 Å². The van der Waals surface area contributed by atoms with Gasteiger partial charge >= 0.3 is 0 Å². The van der Waals surface area contributed by atoms with E-state index in [2.05, 4.69) is 16.8 Å². The van der Waals surface area contributed by atoms with Gasteiger partial charge in [-0.05, 0) is 24.3 Å². The van der Waals surface area contributed by atoms with Crippen molar-refractivity contribution in [3.05, 3.63) is 54.4 Å². The minimum Gasteiger partial charge on any atom is -0.484 e. The Balaban J connectivity index is 1.57. The van der Waals surface area contributed by atoms with Crippen molar-refractivity contribution in [2.75, 3.05) is 13.2 Å². The van der Waals surface area contributed by atoms with Gasteiger partial charge in [-0.25, -0.2) is 0 Å². The maximum atomic E-state index is 12.1. The minimum absolute atomic E-state index is 0.0382. The molecule has 0 bridgehead atoms. The van der Waals surface area contributed by atoms with Gasteiger partial charge in [0.2, 0.25) is 0 Å². The monoisotopic (exact) mass is 256 g/mol. The average molecular weight is 256 g/mol. The number of amides is 1. The highest BCUT2D eigenvalue weighted by atomic mass is 16.5. The van der Waals surface area contributed by atoms with Gasteiger partial charge < -0.3 is 14.2 Å². The molecule has 1 aromatic heterocycles. The van der Waals surface area contributed by atoms with Crippen molar-refractivity contribution < 1.29 is 9.53 Å². The third-order valence-corrected chi connectivity index (χ3v) is 3.35. The van der Waals surface area contributed by atoms with E-state index in [0.29, 0.717) is 6.54 Å². The Morgan fingerprint density at radius 2 is 1.95 bits per heavy atom. The number of para-hydroxylation sites is 1. The Morgan fingerprint density at radius 1 is 1.11 bits per heavy atom. The Morgan fingerprint density at radius 3 is 2.79 bits per heavy atom. The zero-order chi connectivity index (χ0) is 13.1. The standard InChI is InChI=1S/C15H16N2O2/c18-15(12-19-14-6-2-1-3-7-14)17-10-9-16-8-4-5-13(16)11-17/h1-8H,9-12H2. The summed E-state index contributed by atoms with van der Waals surface area (Å²) in [6, 6.07) is 13.5. The van der Waals surface area contributed by atoms with Gasteiger partial charge in [0.15, 0.2) is 6.61 Å². The number of hydrogen-bond acceptors (Lipinski definition) is 2. The molecule has 1 amide bonds. The molecule has 1 aliphatic rings. The molecule has 2 aromatic rings. The quantitative estimate of drug-likeness (QED) is 0.840. The molecule has 0 aliphatic carbocycles. The maximum Gasteiger partial charge on any atom is 0.260 e. The highest BCUT2D eigenvalue weighted by Gasteiger charge is 2.20. The predicted molar refractivity (Wildman–Crippen MR) is 71.8 cm³/mol. The number of carbonyl (C=O) groups is 1. The summed E-state index contributed by atoms with van der Waals surface area (Å²) in [7, 11) is 0. The summed E-state index contributed by atoms with van der Waals surface area (Å²) in [4.78, 5) is 13.9. The summed E-state index contributed by atoms with van der Waals surface area (Å²) in [5.41, 5.74) is 1.18. The lowest BCUT2D eigenvalue weighted by atomic mass is 10.3. The predicted octanol–water partition coefficient (Wildman–Crippen LogP) is 1.91. The van der Waals surface area contributed by atoms with Crippen molar-refractivity contribution >= 4 is 5.91 Å². The van der Waals surface area contributed by atoms with Gasteiger partial charge in [0.1, 0.15) is 5.75 Å². The zero-order valence-corrected chi connectivity index (χ0v) is 10.7. The van der Waals surface area contributed by atoms with Crippen LogP contribution in [0.4, 0.5) is 0 Å². The molecule has 2 heterocycles. The lowest BCUT2D eigenvalue weighted by Crippen LogP contribution is -2.40. The number of carbonyl (C=O) groups excluding carboxylic acids is 1. The number of aromatic nitrogens is 1. The minimum atomic E-state index is 0.0382. The van der Waals surface area contributed by atoms with Gasteiger partial charge in [-0.3, -0.25) is 4.79 Å². The number of ether oxygens (including phenoxy) is 1. The molecule has 1 aliphatic heterocycles. The van der Waals surface area contributed by atoms with Crippen LogP contribution in [0.1, 0.15) is 5.69 Å². The first-order valence-corrected chi connectivity index (χ1v) is 6.42. The van der Waals surface area contributed by atoms with Crippen LogP contribution >= 0.6 is 0 Å². The van der Waals surface area contributed by atoms with Crippen LogP contribution in [0.3, 0.4) is 0 Å². The van der Waals surface area contributed by atoms with E-state index in [0.717, 1.165) is 18.8 Å². The highest BCUT2D eigenvalue weighted by Crippen LogP contribution is 2.14. The normalized spacial score (nSPS) is 14.0. The number of fused-ring (bicyclic) bond motifs is 1. The molecule has 0 spiro atoms. The van der Waals surface area contributed by atoms with Crippen LogP contribution < -0.4 is 4.74 Å². The molecule has 0 atom stereocenters. The molecule has 0 N–H and O–H groups in total. The first-order chi connectivity index (χ1) is 9.33. The van der Waals surface area contributed by atoms with Gasteiger partial charge in [-0.2, -0.15) is 0 Å². The third-order valence-electron chi connectivity index (χ3n) is 3.35. The summed E-state index contributed by atoms with van der Waals surface area (Å²) < 4.78 is 7.67. The largest absolute Gasteiger partial charge is 0.484 e. The number of hydrogen-bond donors (Lipinski definition) is 0. The molecule has 0 unspecified atom stereocenters. The second kappa shape index (κ2) is 5.18. The van der Waals surface area contributed by atoms with Crippen LogP contribution in [-0.2, 0) is 17.9 Å². The lowest BCUT2D eigenvalue weighted by molar-refractivity contribution is -0.134. The molecule has 19 heavy (non-hydrogen) atoms. The van der Waals surface area contributed by atoms with Crippen LogP contribution in [0.2, 0.25) is 0 Å². The average Bonchev–Trinajstić information content (AvgIpc) is 2.93. The van der Waals surface area contributed by atoms with Crippen LogP contribution in [0.15, 0.2) is 48.7 Å². The first kappa shape index (κ1) is 11.8. The highest BCUT2D eigenvalue weighted by molar-refractivity contribution is 5.77. The van der Waals surface area contributed by atoms with Crippen molar-refractivity contribution in [3.8, 4) is 5.75 Å². The molecule has 0 saturated heterocycles. The molecular formula is C15H16N2O2. The SMILES string of the molecule is O=C(COc1ccccc1)N1CCn2cccc2C1. The first-order valence-electron chi connectivity index (χ1n) is 6.42. The molecule has 0 radical (unpaired) electrons. The Bertz CT molecular complexity index is 563. The van der Waals surface area contributed by atoms with Crippen LogP contribution in [0.5, 0.6) is 5.75 Å². The zero-order valence-electron chi connectivity index (χ0n) is 10.7. The van der Waals surface area contributed by atoms with Gasteiger partial charge in [0.25, 0.3) is 5.91 Å². The molecule has 4 nitrogen and oxygen atoms in total. The second-order valence-corrected chi connectivity index (χ2v) is 4.61. The van der Waals surface area contributed by atoms with E-state index in [1.807, 2.05) is 41.3 Å². The van der Waals surface area contributed by atoms with E-state index in [1.165, 1.54) is 5.69 Å². The maximum absolute atomic E-state index is 12.1. The molecule has 1 aromatic carbocycles. The molecule has 98 valence electrons. The molecular weight excluding hydrogens is 240 g/mol. The topological polar surface area (TPSA) is 34.5 Å². The van der Waals surface area contributed by atoms with Crippen molar-refractivity contribution in [2.45, 2.75) is 13.1 Å². The Kier molecular flexibility index (Phi) is 3.23. The number of nitrogens with zero attached hydrogens (tertiary/aromatic N) is 2. The van der Waals surface area contributed by atoms with Crippen LogP contribution in [-0.4, -0.2) is 28.5 Å². The van der Waals surface area contributed by atoms with Crippen molar-refractivity contribution in [3.63, 3.8) is 0 Å². The van der Waals surface area contributed by atoms with E-state index < -0.39 is 0 Å². The molecule has 3 rings (SSSR count). The van der Waals surface area contributed by atoms with Gasteiger partial charge in [-0.15, -0.1) is 0 Å². The van der Waals surface area contributed by atoms with E-state index in [9.17, 15) is 4.79 Å². The summed E-state index contributed by atoms with van der Waals surface area (Å²) in [5.74, 6) is 0.771. The summed E-state index contributed by atoms with van der Waals surface area (Å²) >= 11 is 0. The second-order valence-electron chi connectivity index (χ2n) is 4.61. The van der Waals surface area contributed by atoms with E-state index >= 15 is 0 Å². The fourth-order valence-corrected chi connectivity index (χ4v) is 2.28. The summed E-state index contributed by atoms with van der Waals surface area (Å²) in [5, 5.41) is 0. The van der Waals surface area contributed by atoms with Gasteiger partial charge in [0.05, 0.1) is 6.54 Å². The fourth-order valence-electron chi connectivity index (χ4n) is 2.28. The Labute approximate surface area is 112 Å². The molecule has 0 fully saturated rings. The third kappa shape index (κ3) is 2.62. The van der Waals surface area contributed by atoms with Gasteiger partial charge in [0, 0.05) is 25.0 Å². The number of benzene rings is 1. The molecule has 4 heteroatoms. The fraction of sp³-hybridized carbons (Fsp3) is 0.267. The lowest BCUT2D eigenvalue weighted by Gasteiger charge is -2.28. The molecule has 0 saturated carbocycles. The van der Waals surface area contributed by atoms with E-state index in [4.69, 9.17) is 4.74 Å². The Hall–Kier alpha value is -2.23. The number of rotatable bonds is 3. The van der Waals surface area contributed by atoms with Crippen molar-refractivity contribution in [1.29, 1.82) is 0 Å². The van der Waals surface area contributed by atoms with E-state index in [-0.39, 0.29) is 12.5 Å². The van der Waals surface area contributed by atoms with Gasteiger partial charge in [-0.1, -0.05) is 18.2 Å². The van der Waals surface area contributed by atoms with Crippen LogP contribution in [0.25, 0.3) is 0 Å². The van der Waals surface area contributed by atoms with Crippen molar-refractivity contribution in [2.24, 2.45) is 0 Å². The smallest absolute Gasteiger partial charge is 0.260 e. The summed E-state index contributed by atoms with van der Waals surface area (Å²) in [6.07, 6.45) is 2.05. The van der Waals surface area contributed by atoms with Crippen LogP contribution in [0, 0.1) is 0 Å². The van der Waals surface area contributed by atoms with E-state index in [1.54, 1.807) is 0 Å².